The number of allylic oxidation sites excluding steroid dienone is 2. The molecule has 0 radical (unpaired) electrons. The van der Waals surface area contributed by atoms with Gasteiger partial charge in [-0.2, -0.15) is 0 Å². The number of nitrogens with zero attached hydrogens (tertiary/aromatic N) is 2. The lowest BCUT2D eigenvalue weighted by molar-refractivity contribution is -0.128. The van der Waals surface area contributed by atoms with Crippen molar-refractivity contribution in [2.24, 2.45) is 10.7 Å². The molecule has 0 bridgehead atoms. The molecule has 0 saturated carbocycles. The molecule has 2 amide bonds. The van der Waals surface area contributed by atoms with Crippen molar-refractivity contribution in [2.45, 2.75) is 13.0 Å². The van der Waals surface area contributed by atoms with Gasteiger partial charge in [0.1, 0.15) is 5.82 Å². The van der Waals surface area contributed by atoms with Crippen LogP contribution in [0.25, 0.3) is 5.57 Å². The lowest BCUT2D eigenvalue weighted by Crippen LogP contribution is -2.39. The maximum absolute atomic E-state index is 14.1. The van der Waals surface area contributed by atoms with Gasteiger partial charge in [-0.1, -0.05) is 18.2 Å². The Morgan fingerprint density at radius 2 is 2.25 bits per heavy atom. The SMILES string of the molecule is C/C=C/CN1C=C(c2ccc(C(N)=O)c(F)c2)C2=CC=NC2C1=O. The molecule has 1 unspecified atom stereocenters. The minimum atomic E-state index is -0.817. The third-order valence-electron chi connectivity index (χ3n) is 3.98. The fourth-order valence-corrected chi connectivity index (χ4v) is 2.75. The van der Waals surface area contributed by atoms with Crippen molar-refractivity contribution in [1.29, 1.82) is 0 Å². The zero-order valence-electron chi connectivity index (χ0n) is 13.1. The van der Waals surface area contributed by atoms with Gasteiger partial charge < -0.3 is 10.6 Å². The smallest absolute Gasteiger partial charge is 0.256 e. The van der Waals surface area contributed by atoms with Crippen molar-refractivity contribution in [2.75, 3.05) is 6.54 Å². The predicted molar refractivity (Wildman–Crippen MR) is 89.8 cm³/mol. The largest absolute Gasteiger partial charge is 0.366 e. The van der Waals surface area contributed by atoms with Crippen LogP contribution in [0.15, 0.2) is 53.2 Å². The van der Waals surface area contributed by atoms with Gasteiger partial charge >= 0.3 is 0 Å². The number of carbonyl (C=O) groups is 2. The zero-order valence-corrected chi connectivity index (χ0v) is 13.1. The predicted octanol–water partition coefficient (Wildman–Crippen LogP) is 2.06. The van der Waals surface area contributed by atoms with E-state index in [0.717, 1.165) is 5.57 Å². The van der Waals surface area contributed by atoms with Gasteiger partial charge in [-0.25, -0.2) is 4.39 Å². The number of primary amides is 1. The quantitative estimate of drug-likeness (QED) is 0.860. The standard InChI is InChI=1S/C18H16FN3O2/c1-2-3-8-22-10-14(12-6-7-21-16(12)18(22)24)11-4-5-13(17(20)23)15(19)9-11/h2-7,9-10,16H,8H2,1H3,(H2,20,23)/b3-2+. The molecule has 24 heavy (non-hydrogen) atoms. The van der Waals surface area contributed by atoms with Crippen molar-refractivity contribution in [3.8, 4) is 0 Å². The highest BCUT2D eigenvalue weighted by Crippen LogP contribution is 2.34. The summed E-state index contributed by atoms with van der Waals surface area (Å²) < 4.78 is 14.1. The summed E-state index contributed by atoms with van der Waals surface area (Å²) in [5.74, 6) is -1.62. The fourth-order valence-electron chi connectivity index (χ4n) is 2.75. The summed E-state index contributed by atoms with van der Waals surface area (Å²) in [5, 5.41) is 0. The van der Waals surface area contributed by atoms with Gasteiger partial charge in [-0.15, -0.1) is 0 Å². The van der Waals surface area contributed by atoms with E-state index in [1.54, 1.807) is 29.5 Å². The van der Waals surface area contributed by atoms with Crippen LogP contribution in [0.4, 0.5) is 4.39 Å². The summed E-state index contributed by atoms with van der Waals surface area (Å²) in [6, 6.07) is 3.63. The summed E-state index contributed by atoms with van der Waals surface area (Å²) >= 11 is 0. The zero-order chi connectivity index (χ0) is 17.3. The molecule has 2 aliphatic rings. The highest BCUT2D eigenvalue weighted by Gasteiger charge is 2.35. The van der Waals surface area contributed by atoms with E-state index in [0.29, 0.717) is 17.7 Å². The topological polar surface area (TPSA) is 75.8 Å². The lowest BCUT2D eigenvalue weighted by Gasteiger charge is -2.29. The number of aliphatic imine (C=N–C) groups is 1. The molecule has 5 nitrogen and oxygen atoms in total. The second kappa shape index (κ2) is 6.23. The molecule has 1 aromatic carbocycles. The Hall–Kier alpha value is -3.02. The summed E-state index contributed by atoms with van der Waals surface area (Å²) in [6.07, 6.45) is 8.74. The maximum atomic E-state index is 14.1. The normalized spacial score (nSPS) is 19.5. The molecule has 0 saturated heterocycles. The molecular weight excluding hydrogens is 309 g/mol. The third-order valence-corrected chi connectivity index (χ3v) is 3.98. The lowest BCUT2D eigenvalue weighted by atomic mass is 9.90. The molecule has 3 rings (SSSR count). The molecule has 0 spiro atoms. The van der Waals surface area contributed by atoms with Crippen LogP contribution in [0.5, 0.6) is 0 Å². The molecular formula is C18H16FN3O2. The number of carbonyl (C=O) groups excluding carboxylic acids is 2. The van der Waals surface area contributed by atoms with E-state index in [4.69, 9.17) is 5.73 Å². The van der Waals surface area contributed by atoms with E-state index in [9.17, 15) is 14.0 Å². The van der Waals surface area contributed by atoms with Crippen molar-refractivity contribution in [3.63, 3.8) is 0 Å². The third kappa shape index (κ3) is 2.67. The number of nitrogens with two attached hydrogens (primary N) is 1. The van der Waals surface area contributed by atoms with E-state index < -0.39 is 17.8 Å². The van der Waals surface area contributed by atoms with Crippen LogP contribution in [0.3, 0.4) is 0 Å². The van der Waals surface area contributed by atoms with E-state index in [1.807, 2.05) is 19.1 Å². The van der Waals surface area contributed by atoms with E-state index >= 15 is 0 Å². The number of hydrogen-bond donors (Lipinski definition) is 1. The van der Waals surface area contributed by atoms with E-state index in [-0.39, 0.29) is 11.5 Å². The van der Waals surface area contributed by atoms with Crippen LogP contribution >= 0.6 is 0 Å². The first-order valence-electron chi connectivity index (χ1n) is 7.50. The highest BCUT2D eigenvalue weighted by molar-refractivity contribution is 6.04. The van der Waals surface area contributed by atoms with Gasteiger partial charge in [-0.3, -0.25) is 14.6 Å². The molecule has 2 heterocycles. The van der Waals surface area contributed by atoms with E-state index in [1.165, 1.54) is 12.1 Å². The molecule has 2 aliphatic heterocycles. The fraction of sp³-hybridized carbons (Fsp3) is 0.167. The Morgan fingerprint density at radius 3 is 2.92 bits per heavy atom. The first-order valence-corrected chi connectivity index (χ1v) is 7.50. The summed E-state index contributed by atoms with van der Waals surface area (Å²) in [6.45, 7) is 2.29. The second-order valence-corrected chi connectivity index (χ2v) is 5.48. The average Bonchev–Trinajstić information content (AvgIpc) is 3.04. The molecule has 1 atom stereocenters. The molecule has 2 N–H and O–H groups in total. The van der Waals surface area contributed by atoms with Gasteiger partial charge in [0.2, 0.25) is 0 Å². The monoisotopic (exact) mass is 325 g/mol. The minimum Gasteiger partial charge on any atom is -0.366 e. The number of halogens is 1. The van der Waals surface area contributed by atoms with Crippen LogP contribution in [0, 0.1) is 5.82 Å². The number of amides is 2. The van der Waals surface area contributed by atoms with Gasteiger partial charge in [0, 0.05) is 24.5 Å². The Bertz CT molecular complexity index is 837. The van der Waals surface area contributed by atoms with Crippen LogP contribution in [0.1, 0.15) is 22.8 Å². The minimum absolute atomic E-state index is 0.119. The Kier molecular flexibility index (Phi) is 4.12. The maximum Gasteiger partial charge on any atom is 0.256 e. The molecule has 6 heteroatoms. The summed E-state index contributed by atoms with van der Waals surface area (Å²) in [5.41, 5.74) is 6.97. The van der Waals surface area contributed by atoms with Crippen LogP contribution < -0.4 is 5.73 Å². The second-order valence-electron chi connectivity index (χ2n) is 5.48. The first kappa shape index (κ1) is 15.9. The van der Waals surface area contributed by atoms with Crippen molar-refractivity contribution in [1.82, 2.24) is 4.90 Å². The summed E-state index contributed by atoms with van der Waals surface area (Å²) in [7, 11) is 0. The van der Waals surface area contributed by atoms with Crippen LogP contribution in [0.2, 0.25) is 0 Å². The van der Waals surface area contributed by atoms with Crippen LogP contribution in [-0.4, -0.2) is 35.5 Å². The Labute approximate surface area is 138 Å². The number of hydrogen-bond acceptors (Lipinski definition) is 3. The highest BCUT2D eigenvalue weighted by atomic mass is 19.1. The van der Waals surface area contributed by atoms with Gasteiger partial charge in [-0.05, 0) is 36.3 Å². The van der Waals surface area contributed by atoms with Gasteiger partial charge in [0.25, 0.3) is 11.8 Å². The number of rotatable bonds is 4. The van der Waals surface area contributed by atoms with Crippen molar-refractivity contribution < 1.29 is 14.0 Å². The van der Waals surface area contributed by atoms with Crippen LogP contribution in [-0.2, 0) is 4.79 Å². The number of fused-ring (bicyclic) bond motifs is 1. The summed E-state index contributed by atoms with van der Waals surface area (Å²) in [4.78, 5) is 29.4. The molecule has 122 valence electrons. The molecule has 0 aromatic heterocycles. The van der Waals surface area contributed by atoms with Crippen molar-refractivity contribution in [3.05, 3.63) is 65.1 Å². The number of benzene rings is 1. The molecule has 1 aromatic rings. The average molecular weight is 325 g/mol. The van der Waals surface area contributed by atoms with E-state index in [2.05, 4.69) is 4.99 Å². The first-order chi connectivity index (χ1) is 11.5. The van der Waals surface area contributed by atoms with Gasteiger partial charge in [0.15, 0.2) is 6.04 Å². The Balaban J connectivity index is 2.05. The van der Waals surface area contributed by atoms with Gasteiger partial charge in [0.05, 0.1) is 5.56 Å². The Morgan fingerprint density at radius 1 is 1.46 bits per heavy atom. The molecule has 0 fully saturated rings. The van der Waals surface area contributed by atoms with Crippen molar-refractivity contribution >= 4 is 23.6 Å². The molecule has 0 aliphatic carbocycles.